The number of thioether (sulfide) groups is 1. The molecule has 0 atom stereocenters. The molecule has 0 saturated heterocycles. The first kappa shape index (κ1) is 17.9. The molecule has 0 aliphatic heterocycles. The molecule has 4 aromatic rings. The van der Waals surface area contributed by atoms with Crippen molar-refractivity contribution < 1.29 is 4.79 Å². The minimum Gasteiger partial charge on any atom is -0.322 e. The van der Waals surface area contributed by atoms with Gasteiger partial charge < -0.3 is 5.32 Å². The van der Waals surface area contributed by atoms with Crippen molar-refractivity contribution in [2.24, 2.45) is 0 Å². The summed E-state index contributed by atoms with van der Waals surface area (Å²) in [6.45, 7) is 0. The quantitative estimate of drug-likeness (QED) is 0.508. The van der Waals surface area contributed by atoms with Gasteiger partial charge in [-0.05, 0) is 64.5 Å². The molecule has 4 rings (SSSR count). The molecule has 0 unspecified atom stereocenters. The minimum atomic E-state index is -0.189. The van der Waals surface area contributed by atoms with E-state index in [4.69, 9.17) is 0 Å². The Balaban J connectivity index is 1.39. The van der Waals surface area contributed by atoms with E-state index >= 15 is 0 Å². The van der Waals surface area contributed by atoms with E-state index < -0.39 is 0 Å². The summed E-state index contributed by atoms with van der Waals surface area (Å²) in [4.78, 5) is 17.8. The topological polar surface area (TPSA) is 85.6 Å². The number of pyridine rings is 1. The number of carbonyl (C=O) groups is 1. The molecule has 1 amide bonds. The fourth-order valence-corrected chi connectivity index (χ4v) is 3.39. The highest BCUT2D eigenvalue weighted by atomic mass is 32.2. The largest absolute Gasteiger partial charge is 0.322 e. The third-order valence-electron chi connectivity index (χ3n) is 3.96. The number of rotatable bonds is 6. The number of carbonyl (C=O) groups excluding carboxylic acids is 1. The molecule has 1 N–H and O–H groups in total. The van der Waals surface area contributed by atoms with E-state index in [-0.39, 0.29) is 5.91 Å². The summed E-state index contributed by atoms with van der Waals surface area (Å²) in [6, 6.07) is 18.9. The van der Waals surface area contributed by atoms with Crippen LogP contribution in [0.4, 0.5) is 5.69 Å². The molecule has 0 aliphatic carbocycles. The number of benzene rings is 2. The van der Waals surface area contributed by atoms with Crippen LogP contribution in [-0.4, -0.2) is 31.1 Å². The van der Waals surface area contributed by atoms with E-state index in [9.17, 15) is 4.79 Å². The lowest BCUT2D eigenvalue weighted by Crippen LogP contribution is -2.12. The van der Waals surface area contributed by atoms with Crippen LogP contribution in [0.15, 0.2) is 84.3 Å². The summed E-state index contributed by atoms with van der Waals surface area (Å²) in [5, 5.41) is 14.0. The van der Waals surface area contributed by atoms with E-state index in [1.54, 1.807) is 36.2 Å². The molecule has 2 aromatic heterocycles. The zero-order chi connectivity index (χ0) is 19.2. The molecule has 138 valence electrons. The van der Waals surface area contributed by atoms with E-state index in [1.807, 2.05) is 42.6 Å². The zero-order valence-electron chi connectivity index (χ0n) is 14.8. The van der Waals surface area contributed by atoms with Crippen molar-refractivity contribution in [2.45, 2.75) is 10.6 Å². The normalized spacial score (nSPS) is 10.6. The molecule has 0 saturated carbocycles. The molecule has 0 fully saturated rings. The number of amides is 1. The summed E-state index contributed by atoms with van der Waals surface area (Å²) in [6.07, 6.45) is 5.12. The number of hydrogen-bond donors (Lipinski definition) is 1. The second-order valence-corrected chi connectivity index (χ2v) is 6.98. The number of nitrogens with zero attached hydrogens (tertiary/aromatic N) is 5. The highest BCUT2D eigenvalue weighted by Gasteiger charge is 2.08. The average Bonchev–Trinajstić information content (AvgIpc) is 3.29. The Hall–Kier alpha value is -3.52. The maximum absolute atomic E-state index is 12.5. The van der Waals surface area contributed by atoms with Gasteiger partial charge in [-0.3, -0.25) is 9.78 Å². The monoisotopic (exact) mass is 388 g/mol. The fraction of sp³-hybridized carbons (Fsp3) is 0.0500. The Kier molecular flexibility index (Phi) is 5.39. The number of anilines is 1. The molecular weight excluding hydrogens is 372 g/mol. The first-order chi connectivity index (χ1) is 13.8. The highest BCUT2D eigenvalue weighted by Crippen LogP contribution is 2.24. The van der Waals surface area contributed by atoms with Crippen LogP contribution < -0.4 is 5.32 Å². The number of nitrogens with one attached hydrogen (secondary N) is 1. The lowest BCUT2D eigenvalue weighted by Gasteiger charge is -2.08. The van der Waals surface area contributed by atoms with Crippen molar-refractivity contribution >= 4 is 23.4 Å². The predicted molar refractivity (Wildman–Crippen MR) is 107 cm³/mol. The first-order valence-electron chi connectivity index (χ1n) is 8.54. The first-order valence-corrected chi connectivity index (χ1v) is 9.53. The third kappa shape index (κ3) is 4.41. The summed E-state index contributed by atoms with van der Waals surface area (Å²) in [5.74, 6) is 0.661. The van der Waals surface area contributed by atoms with Gasteiger partial charge in [-0.25, -0.2) is 4.68 Å². The molecule has 0 radical (unpaired) electrons. The summed E-state index contributed by atoms with van der Waals surface area (Å²) >= 11 is 1.72. The molecular formula is C20H16N6OS. The van der Waals surface area contributed by atoms with Gasteiger partial charge in [0.25, 0.3) is 5.91 Å². The van der Waals surface area contributed by atoms with Crippen LogP contribution in [0.5, 0.6) is 0 Å². The van der Waals surface area contributed by atoms with E-state index in [1.165, 1.54) is 16.6 Å². The van der Waals surface area contributed by atoms with Crippen LogP contribution in [0.2, 0.25) is 0 Å². The predicted octanol–water partition coefficient (Wildman–Crippen LogP) is 3.60. The van der Waals surface area contributed by atoms with Crippen molar-refractivity contribution in [3.63, 3.8) is 0 Å². The van der Waals surface area contributed by atoms with Crippen LogP contribution in [0, 0.1) is 0 Å². The standard InChI is InChI=1S/C20H16N6OS/c27-20(16-4-1-5-18(11-16)26-14-22-24-25-26)23-17-6-8-19(9-7-17)28-13-15-3-2-10-21-12-15/h1-12,14H,13H2,(H,23,27). The molecule has 28 heavy (non-hydrogen) atoms. The van der Waals surface area contributed by atoms with Crippen molar-refractivity contribution in [2.75, 3.05) is 5.32 Å². The second-order valence-electron chi connectivity index (χ2n) is 5.93. The Morgan fingerprint density at radius 1 is 1.07 bits per heavy atom. The van der Waals surface area contributed by atoms with Gasteiger partial charge in [0.1, 0.15) is 6.33 Å². The molecule has 0 spiro atoms. The highest BCUT2D eigenvalue weighted by molar-refractivity contribution is 7.98. The smallest absolute Gasteiger partial charge is 0.255 e. The summed E-state index contributed by atoms with van der Waals surface area (Å²) in [7, 11) is 0. The van der Waals surface area contributed by atoms with Crippen LogP contribution in [-0.2, 0) is 5.75 Å². The summed E-state index contributed by atoms with van der Waals surface area (Å²) < 4.78 is 1.51. The zero-order valence-corrected chi connectivity index (χ0v) is 15.6. The van der Waals surface area contributed by atoms with Crippen LogP contribution in [0.1, 0.15) is 15.9 Å². The SMILES string of the molecule is O=C(Nc1ccc(SCc2cccnc2)cc1)c1cccc(-n2cnnn2)c1. The number of tetrazole rings is 1. The molecule has 0 aliphatic rings. The van der Waals surface area contributed by atoms with Crippen molar-refractivity contribution in [3.05, 3.63) is 90.5 Å². The third-order valence-corrected chi connectivity index (χ3v) is 5.05. The van der Waals surface area contributed by atoms with Gasteiger partial charge in [-0.15, -0.1) is 16.9 Å². The summed E-state index contributed by atoms with van der Waals surface area (Å²) in [5.41, 5.74) is 3.17. The number of hydrogen-bond acceptors (Lipinski definition) is 6. The van der Waals surface area contributed by atoms with Gasteiger partial charge in [-0.1, -0.05) is 12.1 Å². The Morgan fingerprint density at radius 3 is 2.71 bits per heavy atom. The van der Waals surface area contributed by atoms with Crippen molar-refractivity contribution in [3.8, 4) is 5.69 Å². The second kappa shape index (κ2) is 8.45. The lowest BCUT2D eigenvalue weighted by molar-refractivity contribution is 0.102. The van der Waals surface area contributed by atoms with Gasteiger partial charge in [0, 0.05) is 34.3 Å². The Bertz CT molecular complexity index is 1050. The van der Waals surface area contributed by atoms with Gasteiger partial charge in [0.15, 0.2) is 0 Å². The van der Waals surface area contributed by atoms with Gasteiger partial charge >= 0.3 is 0 Å². The Labute approximate surface area is 165 Å². The fourth-order valence-electron chi connectivity index (χ4n) is 2.56. The van der Waals surface area contributed by atoms with Crippen LogP contribution in [0.3, 0.4) is 0 Å². The van der Waals surface area contributed by atoms with E-state index in [0.29, 0.717) is 5.56 Å². The van der Waals surface area contributed by atoms with Gasteiger partial charge in [-0.2, -0.15) is 0 Å². The molecule has 7 nitrogen and oxygen atoms in total. The van der Waals surface area contributed by atoms with Gasteiger partial charge in [0.2, 0.25) is 0 Å². The lowest BCUT2D eigenvalue weighted by atomic mass is 10.2. The van der Waals surface area contributed by atoms with Crippen molar-refractivity contribution in [1.82, 2.24) is 25.2 Å². The van der Waals surface area contributed by atoms with Crippen molar-refractivity contribution in [1.29, 1.82) is 0 Å². The maximum Gasteiger partial charge on any atom is 0.255 e. The molecule has 0 bridgehead atoms. The van der Waals surface area contributed by atoms with Crippen LogP contribution >= 0.6 is 11.8 Å². The van der Waals surface area contributed by atoms with E-state index in [2.05, 4.69) is 31.9 Å². The van der Waals surface area contributed by atoms with Crippen LogP contribution in [0.25, 0.3) is 5.69 Å². The van der Waals surface area contributed by atoms with E-state index in [0.717, 1.165) is 22.0 Å². The average molecular weight is 388 g/mol. The number of aromatic nitrogens is 5. The maximum atomic E-state index is 12.5. The molecule has 2 heterocycles. The Morgan fingerprint density at radius 2 is 1.96 bits per heavy atom. The molecule has 8 heteroatoms. The molecule has 2 aromatic carbocycles. The van der Waals surface area contributed by atoms with Gasteiger partial charge in [0.05, 0.1) is 5.69 Å². The minimum absolute atomic E-state index is 0.189.